The van der Waals surface area contributed by atoms with Crippen LogP contribution in [0.4, 0.5) is 0 Å². The average Bonchev–Trinajstić information content (AvgIpc) is 3.35. The molecule has 36 heavy (non-hydrogen) atoms. The molecule has 0 aromatic heterocycles. The molecule has 0 aliphatic heterocycles. The van der Waals surface area contributed by atoms with E-state index in [0.717, 1.165) is 31.8 Å². The van der Waals surface area contributed by atoms with Gasteiger partial charge in [-0.25, -0.2) is 0 Å². The van der Waals surface area contributed by atoms with E-state index in [1.165, 1.54) is 18.2 Å². The number of Topliss-reactive ketones (excluding diaryl/α,β-unsaturated/α-hetero) is 5. The van der Waals surface area contributed by atoms with Crippen molar-refractivity contribution >= 4 is 40.6 Å². The van der Waals surface area contributed by atoms with Crippen LogP contribution < -0.4 is 5.73 Å². The third-order valence-corrected chi connectivity index (χ3v) is 8.24. The number of aliphatic hydroxyl groups excluding tert-OH is 1. The summed E-state index contributed by atoms with van der Waals surface area (Å²) in [6.45, 7) is 0. The van der Waals surface area contributed by atoms with Crippen molar-refractivity contribution in [3.05, 3.63) is 24.3 Å². The summed E-state index contributed by atoms with van der Waals surface area (Å²) >= 11 is 0. The third-order valence-electron chi connectivity index (χ3n) is 8.24. The molecule has 4 aliphatic rings. The molecule has 0 aromatic carbocycles. The monoisotopic (exact) mass is 499 g/mol. The maximum atomic E-state index is 13.7. The van der Waals surface area contributed by atoms with Crippen LogP contribution in [-0.2, 0) is 33.6 Å². The summed E-state index contributed by atoms with van der Waals surface area (Å²) in [5.74, 6) is -14.4. The number of carbonyl (C=O) groups excluding carboxylic acids is 7. The SMILES string of the molecule is NC(=O)C1C(=O)C[C@@H]2[C@@H](O)[C@H]3C(C(=O)CC(=O)C=CC=C[C@@H]3CC(=O)C3CCCC3)C(=O)[C@]2(O)C1=O. The van der Waals surface area contributed by atoms with E-state index in [1.807, 2.05) is 0 Å². The van der Waals surface area contributed by atoms with E-state index in [2.05, 4.69) is 0 Å². The second-order valence-electron chi connectivity index (χ2n) is 10.3. The lowest BCUT2D eigenvalue weighted by Crippen LogP contribution is -2.72. The lowest BCUT2D eigenvalue weighted by molar-refractivity contribution is -0.193. The number of allylic oxidation sites excluding steroid dienone is 4. The van der Waals surface area contributed by atoms with Crippen LogP contribution in [0.2, 0.25) is 0 Å². The number of hydrogen-bond donors (Lipinski definition) is 3. The van der Waals surface area contributed by atoms with E-state index in [-0.39, 0.29) is 18.1 Å². The number of amides is 1. The first-order chi connectivity index (χ1) is 17.0. The zero-order valence-corrected chi connectivity index (χ0v) is 19.6. The fourth-order valence-corrected chi connectivity index (χ4v) is 6.42. The predicted molar refractivity (Wildman–Crippen MR) is 122 cm³/mol. The van der Waals surface area contributed by atoms with Crippen LogP contribution in [0, 0.1) is 35.5 Å². The molecular weight excluding hydrogens is 470 g/mol. The molecule has 192 valence electrons. The molecule has 3 saturated carbocycles. The molecule has 2 unspecified atom stereocenters. The second kappa shape index (κ2) is 9.74. The highest BCUT2D eigenvalue weighted by molar-refractivity contribution is 6.31. The molecule has 0 spiro atoms. The summed E-state index contributed by atoms with van der Waals surface area (Å²) in [4.78, 5) is 89.7. The van der Waals surface area contributed by atoms with Crippen molar-refractivity contribution in [3.63, 3.8) is 0 Å². The zero-order valence-electron chi connectivity index (χ0n) is 19.6. The minimum Gasteiger partial charge on any atom is -0.392 e. The van der Waals surface area contributed by atoms with Crippen molar-refractivity contribution in [2.24, 2.45) is 41.2 Å². The van der Waals surface area contributed by atoms with Crippen molar-refractivity contribution < 1.29 is 43.8 Å². The first-order valence-electron chi connectivity index (χ1n) is 12.2. The van der Waals surface area contributed by atoms with Crippen molar-refractivity contribution in [1.29, 1.82) is 0 Å². The summed E-state index contributed by atoms with van der Waals surface area (Å²) in [7, 11) is 0. The fraction of sp³-hybridized carbons (Fsp3) is 0.577. The molecule has 0 saturated heterocycles. The molecule has 0 heterocycles. The Bertz CT molecular complexity index is 1100. The Morgan fingerprint density at radius 2 is 1.67 bits per heavy atom. The highest BCUT2D eigenvalue weighted by atomic mass is 16.3. The lowest BCUT2D eigenvalue weighted by atomic mass is 9.52. The lowest BCUT2D eigenvalue weighted by Gasteiger charge is -2.51. The van der Waals surface area contributed by atoms with Crippen LogP contribution in [0.5, 0.6) is 0 Å². The molecule has 0 aromatic rings. The molecule has 1 amide bonds. The maximum Gasteiger partial charge on any atom is 0.235 e. The molecule has 0 bridgehead atoms. The largest absolute Gasteiger partial charge is 0.392 e. The second-order valence-corrected chi connectivity index (χ2v) is 10.3. The number of hydrogen-bond acceptors (Lipinski definition) is 9. The van der Waals surface area contributed by atoms with Gasteiger partial charge >= 0.3 is 0 Å². The number of aliphatic hydroxyl groups is 2. The number of nitrogens with two attached hydrogens (primary N) is 1. The minimum absolute atomic E-state index is 0.0875. The van der Waals surface area contributed by atoms with Crippen LogP contribution in [0.15, 0.2) is 24.3 Å². The molecule has 7 atom stereocenters. The zero-order chi connectivity index (χ0) is 26.4. The van der Waals surface area contributed by atoms with E-state index in [0.29, 0.717) is 0 Å². The highest BCUT2D eigenvalue weighted by Crippen LogP contribution is 2.49. The van der Waals surface area contributed by atoms with Gasteiger partial charge in [0.1, 0.15) is 5.78 Å². The Morgan fingerprint density at radius 3 is 2.31 bits per heavy atom. The van der Waals surface area contributed by atoms with Crippen LogP contribution >= 0.6 is 0 Å². The maximum absolute atomic E-state index is 13.7. The Hall–Kier alpha value is -3.11. The van der Waals surface area contributed by atoms with Crippen molar-refractivity contribution in [2.75, 3.05) is 0 Å². The molecule has 3 fully saturated rings. The Labute approximate surface area is 207 Å². The van der Waals surface area contributed by atoms with Gasteiger partial charge in [0, 0.05) is 30.6 Å². The number of fused-ring (bicyclic) bond motifs is 2. The predicted octanol–water partition coefficient (Wildman–Crippen LogP) is -0.427. The van der Waals surface area contributed by atoms with Crippen LogP contribution in [-0.4, -0.2) is 62.5 Å². The van der Waals surface area contributed by atoms with E-state index < -0.39 is 89.0 Å². The van der Waals surface area contributed by atoms with Gasteiger partial charge in [-0.05, 0) is 24.8 Å². The van der Waals surface area contributed by atoms with Gasteiger partial charge in [-0.1, -0.05) is 31.1 Å². The summed E-state index contributed by atoms with van der Waals surface area (Å²) in [6.07, 6.45) is 5.60. The Kier molecular flexibility index (Phi) is 7.03. The number of rotatable bonds is 4. The number of ketones is 6. The topological polar surface area (TPSA) is 186 Å². The van der Waals surface area contributed by atoms with Gasteiger partial charge in [-0.3, -0.25) is 33.6 Å². The molecule has 10 nitrogen and oxygen atoms in total. The first-order valence-corrected chi connectivity index (χ1v) is 12.2. The quantitative estimate of drug-likeness (QED) is 0.432. The molecule has 4 rings (SSSR count). The van der Waals surface area contributed by atoms with Crippen molar-refractivity contribution in [2.45, 2.75) is 56.7 Å². The van der Waals surface area contributed by atoms with Crippen molar-refractivity contribution in [1.82, 2.24) is 0 Å². The highest BCUT2D eigenvalue weighted by Gasteiger charge is 2.68. The smallest absolute Gasteiger partial charge is 0.235 e. The molecule has 4 aliphatic carbocycles. The molecule has 10 heteroatoms. The summed E-state index contributed by atoms with van der Waals surface area (Å²) in [5.41, 5.74) is 2.17. The molecule has 0 radical (unpaired) electrons. The normalized spacial score (nSPS) is 37.6. The fourth-order valence-electron chi connectivity index (χ4n) is 6.42. The van der Waals surface area contributed by atoms with Gasteiger partial charge in [0.25, 0.3) is 0 Å². The Balaban J connectivity index is 1.80. The van der Waals surface area contributed by atoms with Crippen molar-refractivity contribution in [3.8, 4) is 0 Å². The van der Waals surface area contributed by atoms with E-state index in [1.54, 1.807) is 0 Å². The summed E-state index contributed by atoms with van der Waals surface area (Å²) < 4.78 is 0. The van der Waals surface area contributed by atoms with E-state index in [9.17, 15) is 43.8 Å². The van der Waals surface area contributed by atoms with Crippen LogP contribution in [0.25, 0.3) is 0 Å². The van der Waals surface area contributed by atoms with E-state index >= 15 is 0 Å². The van der Waals surface area contributed by atoms with Gasteiger partial charge in [0.2, 0.25) is 5.91 Å². The molecular formula is C26H29NO9. The van der Waals surface area contributed by atoms with Gasteiger partial charge in [0.15, 0.2) is 40.4 Å². The van der Waals surface area contributed by atoms with E-state index in [4.69, 9.17) is 5.73 Å². The minimum atomic E-state index is -3.00. The Morgan fingerprint density at radius 1 is 1.00 bits per heavy atom. The van der Waals surface area contributed by atoms with Gasteiger partial charge in [-0.15, -0.1) is 0 Å². The molecule has 4 N–H and O–H groups in total. The van der Waals surface area contributed by atoms with Crippen LogP contribution in [0.1, 0.15) is 44.9 Å². The van der Waals surface area contributed by atoms with Gasteiger partial charge in [0.05, 0.1) is 18.4 Å². The number of primary amides is 1. The van der Waals surface area contributed by atoms with Crippen LogP contribution in [0.3, 0.4) is 0 Å². The third kappa shape index (κ3) is 4.22. The first kappa shape index (κ1) is 26.0. The average molecular weight is 500 g/mol. The summed E-state index contributed by atoms with van der Waals surface area (Å²) in [6, 6.07) is 0. The number of carbonyl (C=O) groups is 7. The van der Waals surface area contributed by atoms with Gasteiger partial charge in [-0.2, -0.15) is 0 Å². The standard InChI is InChI=1S/C26H29NO9/c27-25(35)21-18(31)11-15-22(32)19-13(9-16(29)12-5-1-2-6-12)7-3-4-8-14(28)10-17(30)20(19)23(33)26(15,36)24(21)34/h3-4,7-8,12-13,15,19-22,32,36H,1-2,5-6,9-11H2,(H2,27,35)/t13-,15-,19-,20?,21?,22-,26+/m1/s1. The van der Waals surface area contributed by atoms with Gasteiger partial charge < -0.3 is 15.9 Å². The summed E-state index contributed by atoms with van der Waals surface area (Å²) in [5, 5.41) is 22.8.